The Morgan fingerprint density at radius 1 is 1.12 bits per heavy atom. The SMILES string of the molecule is CC(C)(C)c1c#cc(N(C(=O)C2CNC2)C(C(=O)NC2CCCCC2)c2cccnc2)cc1. The first kappa shape index (κ1) is 23.3. The Labute approximate surface area is 197 Å². The summed E-state index contributed by atoms with van der Waals surface area (Å²) < 4.78 is 0. The zero-order valence-electron chi connectivity index (χ0n) is 19.9. The Balaban J connectivity index is 1.72. The second kappa shape index (κ2) is 9.93. The normalized spacial score (nSPS) is 18.0. The van der Waals surface area contributed by atoms with E-state index in [1.807, 2.05) is 24.3 Å². The quantitative estimate of drug-likeness (QED) is 0.709. The van der Waals surface area contributed by atoms with Gasteiger partial charge in [-0.05, 0) is 42.5 Å². The largest absolute Gasteiger partial charge is 0.351 e. The van der Waals surface area contributed by atoms with Crippen LogP contribution in [-0.4, -0.2) is 35.9 Å². The van der Waals surface area contributed by atoms with Crippen molar-refractivity contribution in [2.24, 2.45) is 5.92 Å². The van der Waals surface area contributed by atoms with Crippen LogP contribution >= 0.6 is 0 Å². The van der Waals surface area contributed by atoms with E-state index in [1.54, 1.807) is 17.3 Å². The fourth-order valence-electron chi connectivity index (χ4n) is 4.48. The van der Waals surface area contributed by atoms with E-state index in [1.165, 1.54) is 6.42 Å². The van der Waals surface area contributed by atoms with Crippen LogP contribution in [-0.2, 0) is 15.0 Å². The minimum atomic E-state index is -0.807. The first-order valence-electron chi connectivity index (χ1n) is 12.0. The molecule has 0 bridgehead atoms. The highest BCUT2D eigenvalue weighted by Gasteiger charge is 2.39. The second-order valence-electron chi connectivity index (χ2n) is 10.2. The number of carbonyl (C=O) groups excluding carboxylic acids is 2. The third-order valence-corrected chi connectivity index (χ3v) is 6.63. The van der Waals surface area contributed by atoms with Crippen molar-refractivity contribution in [2.45, 2.75) is 70.4 Å². The highest BCUT2D eigenvalue weighted by Crippen LogP contribution is 2.31. The fraction of sp³-hybridized carbons (Fsp3) is 0.519. The lowest BCUT2D eigenvalue weighted by Crippen LogP contribution is -2.55. The molecule has 0 radical (unpaired) electrons. The van der Waals surface area contributed by atoms with Gasteiger partial charge in [-0.1, -0.05) is 52.2 Å². The van der Waals surface area contributed by atoms with Gasteiger partial charge in [0.25, 0.3) is 0 Å². The van der Waals surface area contributed by atoms with Crippen molar-refractivity contribution in [3.63, 3.8) is 0 Å². The number of nitrogens with one attached hydrogen (secondary N) is 2. The van der Waals surface area contributed by atoms with Crippen molar-refractivity contribution in [3.05, 3.63) is 59.9 Å². The zero-order valence-corrected chi connectivity index (χ0v) is 19.9. The van der Waals surface area contributed by atoms with Crippen LogP contribution in [0.2, 0.25) is 0 Å². The summed E-state index contributed by atoms with van der Waals surface area (Å²) in [7, 11) is 0. The highest BCUT2D eigenvalue weighted by atomic mass is 16.2. The number of rotatable bonds is 6. The predicted octanol–water partition coefficient (Wildman–Crippen LogP) is 3.72. The summed E-state index contributed by atoms with van der Waals surface area (Å²) in [5.74, 6) is -0.402. The molecule has 1 aromatic heterocycles. The Bertz CT molecular complexity index is 942. The van der Waals surface area contributed by atoms with Gasteiger partial charge in [0, 0.05) is 42.7 Å². The van der Waals surface area contributed by atoms with Gasteiger partial charge in [0.05, 0.1) is 11.6 Å². The topological polar surface area (TPSA) is 74.3 Å². The average molecular weight is 447 g/mol. The lowest BCUT2D eigenvalue weighted by atomic mass is 9.88. The molecule has 1 aliphatic carbocycles. The van der Waals surface area contributed by atoms with Crippen molar-refractivity contribution in [2.75, 3.05) is 18.0 Å². The molecule has 2 heterocycles. The minimum absolute atomic E-state index is 0.0745. The third-order valence-electron chi connectivity index (χ3n) is 6.63. The van der Waals surface area contributed by atoms with E-state index in [0.717, 1.165) is 31.2 Å². The summed E-state index contributed by atoms with van der Waals surface area (Å²) in [6.07, 6.45) is 8.77. The Hall–Kier alpha value is -2.91. The number of anilines is 1. The van der Waals surface area contributed by atoms with Gasteiger partial charge >= 0.3 is 0 Å². The van der Waals surface area contributed by atoms with Gasteiger partial charge in [-0.3, -0.25) is 19.5 Å². The van der Waals surface area contributed by atoms with Crippen molar-refractivity contribution >= 4 is 17.5 Å². The molecular weight excluding hydrogens is 412 g/mol. The van der Waals surface area contributed by atoms with Crippen LogP contribution in [0.15, 0.2) is 36.7 Å². The first-order valence-corrected chi connectivity index (χ1v) is 12.0. The standard InChI is InChI=1S/C27H34N4O2/c1-27(2,3)21-11-13-23(14-12-21)31(26(33)20-17-29-18-20)24(19-8-7-15-28-16-19)25(32)30-22-9-5-4-6-10-22/h7-8,11,13,15-16,20,22,24,29H,4-6,9-10,17-18H2,1-3H3,(H,30,32). The molecule has 1 aliphatic heterocycles. The molecule has 2 fully saturated rings. The van der Waals surface area contributed by atoms with E-state index >= 15 is 0 Å². The molecular formula is C27H34N4O2. The monoisotopic (exact) mass is 446 g/mol. The summed E-state index contributed by atoms with van der Waals surface area (Å²) in [5, 5.41) is 6.41. The molecule has 4 rings (SSSR count). The maximum atomic E-state index is 13.7. The summed E-state index contributed by atoms with van der Waals surface area (Å²) in [6, 6.07) is 13.3. The van der Waals surface area contributed by atoms with Crippen molar-refractivity contribution in [1.29, 1.82) is 0 Å². The van der Waals surface area contributed by atoms with E-state index in [-0.39, 0.29) is 29.2 Å². The van der Waals surface area contributed by atoms with Gasteiger partial charge in [0.15, 0.2) is 0 Å². The molecule has 6 heteroatoms. The van der Waals surface area contributed by atoms with Crippen LogP contribution in [0.4, 0.5) is 5.69 Å². The van der Waals surface area contributed by atoms with Crippen LogP contribution in [0.5, 0.6) is 0 Å². The van der Waals surface area contributed by atoms with Crippen molar-refractivity contribution in [1.82, 2.24) is 15.6 Å². The van der Waals surface area contributed by atoms with Gasteiger partial charge in [0.1, 0.15) is 6.04 Å². The lowest BCUT2D eigenvalue weighted by molar-refractivity contribution is -0.129. The number of pyridine rings is 1. The zero-order chi connectivity index (χ0) is 23.4. The molecule has 1 atom stereocenters. The number of hydrogen-bond acceptors (Lipinski definition) is 4. The Morgan fingerprint density at radius 2 is 1.88 bits per heavy atom. The smallest absolute Gasteiger partial charge is 0.248 e. The number of nitrogens with zero attached hydrogens (tertiary/aromatic N) is 2. The summed E-state index contributed by atoms with van der Waals surface area (Å²) in [4.78, 5) is 33.2. The number of carbonyl (C=O) groups is 2. The Morgan fingerprint density at radius 3 is 2.42 bits per heavy atom. The molecule has 2 aromatic rings. The van der Waals surface area contributed by atoms with Crippen LogP contribution in [0, 0.1) is 18.1 Å². The number of aromatic nitrogens is 1. The van der Waals surface area contributed by atoms with Crippen LogP contribution in [0.3, 0.4) is 0 Å². The molecule has 1 aromatic carbocycles. The van der Waals surface area contributed by atoms with Gasteiger partial charge in [-0.15, -0.1) is 0 Å². The summed E-state index contributed by atoms with van der Waals surface area (Å²) in [5.41, 5.74) is 2.18. The van der Waals surface area contributed by atoms with E-state index < -0.39 is 6.04 Å². The molecule has 2 N–H and O–H groups in total. The van der Waals surface area contributed by atoms with Gasteiger partial charge in [-0.2, -0.15) is 0 Å². The summed E-state index contributed by atoms with van der Waals surface area (Å²) in [6.45, 7) is 7.58. The Kier molecular flexibility index (Phi) is 6.99. The number of amides is 2. The molecule has 6 nitrogen and oxygen atoms in total. The summed E-state index contributed by atoms with van der Waals surface area (Å²) >= 11 is 0. The van der Waals surface area contributed by atoms with Crippen LogP contribution in [0.1, 0.15) is 70.0 Å². The highest BCUT2D eigenvalue weighted by molar-refractivity contribution is 6.02. The maximum absolute atomic E-state index is 13.7. The molecule has 1 saturated carbocycles. The number of hydrogen-bond donors (Lipinski definition) is 2. The average Bonchev–Trinajstić information content (AvgIpc) is 2.77. The van der Waals surface area contributed by atoms with Gasteiger partial charge < -0.3 is 10.6 Å². The van der Waals surface area contributed by atoms with Crippen LogP contribution in [0.25, 0.3) is 0 Å². The van der Waals surface area contributed by atoms with Crippen LogP contribution < -0.4 is 15.5 Å². The lowest BCUT2D eigenvalue weighted by Gasteiger charge is -2.37. The molecule has 0 spiro atoms. The second-order valence-corrected chi connectivity index (χ2v) is 10.2. The third kappa shape index (κ3) is 5.36. The van der Waals surface area contributed by atoms with E-state index in [4.69, 9.17) is 0 Å². The molecule has 1 unspecified atom stereocenters. The van der Waals surface area contributed by atoms with Crippen molar-refractivity contribution < 1.29 is 9.59 Å². The predicted molar refractivity (Wildman–Crippen MR) is 129 cm³/mol. The molecule has 2 aliphatic rings. The minimum Gasteiger partial charge on any atom is -0.351 e. The molecule has 2 amide bonds. The molecule has 174 valence electrons. The van der Waals surface area contributed by atoms with Gasteiger partial charge in [-0.25, -0.2) is 0 Å². The van der Waals surface area contributed by atoms with E-state index in [0.29, 0.717) is 24.3 Å². The molecule has 1 saturated heterocycles. The van der Waals surface area contributed by atoms with E-state index in [2.05, 4.69) is 48.5 Å². The van der Waals surface area contributed by atoms with Gasteiger partial charge in [0.2, 0.25) is 11.8 Å². The first-order chi connectivity index (χ1) is 15.8. The maximum Gasteiger partial charge on any atom is 0.248 e. The van der Waals surface area contributed by atoms with Crippen molar-refractivity contribution in [3.8, 4) is 0 Å². The van der Waals surface area contributed by atoms with E-state index in [9.17, 15) is 9.59 Å². The molecule has 33 heavy (non-hydrogen) atoms. The fourth-order valence-corrected chi connectivity index (χ4v) is 4.48.